The van der Waals surface area contributed by atoms with Crippen LogP contribution in [0.5, 0.6) is 0 Å². The highest BCUT2D eigenvalue weighted by atomic mass is 15.2. The van der Waals surface area contributed by atoms with Gasteiger partial charge in [0.15, 0.2) is 0 Å². The minimum atomic E-state index is 0.111. The number of aromatic nitrogens is 1. The number of rotatable bonds is 6. The fourth-order valence-electron chi connectivity index (χ4n) is 11.0. The molecule has 0 radical (unpaired) electrons. The topological polar surface area (TPSA) is 29.6 Å². The highest BCUT2D eigenvalue weighted by Crippen LogP contribution is 2.50. The van der Waals surface area contributed by atoms with Crippen molar-refractivity contribution in [3.63, 3.8) is 0 Å². The lowest BCUT2D eigenvalue weighted by molar-refractivity contribution is 0.730. The van der Waals surface area contributed by atoms with E-state index in [-0.39, 0.29) is 5.92 Å². The van der Waals surface area contributed by atoms with Crippen molar-refractivity contribution in [1.82, 2.24) is 4.57 Å². The van der Waals surface area contributed by atoms with Crippen LogP contribution in [-0.4, -0.2) is 16.2 Å². The number of para-hydroxylation sites is 1. The molecule has 0 saturated heterocycles. The van der Waals surface area contributed by atoms with Crippen molar-refractivity contribution in [3.05, 3.63) is 234 Å². The van der Waals surface area contributed by atoms with E-state index in [1.807, 2.05) is 0 Å². The second-order valence-electron chi connectivity index (χ2n) is 17.3. The first-order valence-electron chi connectivity index (χ1n) is 22.7. The Morgan fingerprint density at radius 1 is 0.476 bits per heavy atom. The number of allylic oxidation sites excluding steroid dienone is 1. The van der Waals surface area contributed by atoms with Gasteiger partial charge in [-0.15, -0.1) is 0 Å². The molecule has 2 aliphatic carbocycles. The van der Waals surface area contributed by atoms with E-state index in [1.165, 1.54) is 83.2 Å². The second-order valence-corrected chi connectivity index (χ2v) is 17.3. The third-order valence-electron chi connectivity index (χ3n) is 13.9. The molecular weight excluding hydrogens is 763 g/mol. The average Bonchev–Trinajstić information content (AvgIpc) is 3.78. The summed E-state index contributed by atoms with van der Waals surface area (Å²) < 4.78 is 2.44. The van der Waals surface area contributed by atoms with Gasteiger partial charge in [0.25, 0.3) is 0 Å². The Kier molecular flexibility index (Phi) is 9.40. The molecule has 9 aromatic rings. The van der Waals surface area contributed by atoms with Gasteiger partial charge in [-0.25, -0.2) is 9.98 Å². The van der Waals surface area contributed by atoms with E-state index in [4.69, 9.17) is 9.98 Å². The van der Waals surface area contributed by atoms with E-state index in [0.717, 1.165) is 61.3 Å². The van der Waals surface area contributed by atoms with E-state index in [2.05, 4.69) is 205 Å². The number of benzene rings is 8. The average molecular weight is 810 g/mol. The Balaban J connectivity index is 1.10. The molecule has 1 aliphatic heterocycles. The van der Waals surface area contributed by atoms with Gasteiger partial charge < -0.3 is 0 Å². The van der Waals surface area contributed by atoms with Crippen molar-refractivity contribution < 1.29 is 0 Å². The zero-order valence-electron chi connectivity index (χ0n) is 35.3. The minimum absolute atomic E-state index is 0.111. The Morgan fingerprint density at radius 2 is 1.10 bits per heavy atom. The maximum atomic E-state index is 5.80. The Labute approximate surface area is 369 Å². The Bertz CT molecular complexity index is 3250. The van der Waals surface area contributed by atoms with Gasteiger partial charge in [-0.1, -0.05) is 194 Å². The lowest BCUT2D eigenvalue weighted by atomic mass is 9.81. The molecule has 0 bridgehead atoms. The quantitative estimate of drug-likeness (QED) is 0.160. The van der Waals surface area contributed by atoms with E-state index in [9.17, 15) is 0 Å². The zero-order chi connectivity index (χ0) is 41.7. The fraction of sp³-hybridized carbons (Fsp3) is 0.133. The van der Waals surface area contributed by atoms with Crippen LogP contribution >= 0.6 is 0 Å². The number of fused-ring (bicyclic) bond motifs is 10. The number of hydrogen-bond donors (Lipinski definition) is 0. The lowest BCUT2D eigenvalue weighted by Gasteiger charge is -2.24. The summed E-state index contributed by atoms with van der Waals surface area (Å²) >= 11 is 0. The largest absolute Gasteiger partial charge is 0.278 e. The maximum absolute atomic E-state index is 5.80. The van der Waals surface area contributed by atoms with Crippen molar-refractivity contribution in [2.45, 2.75) is 50.4 Å². The summed E-state index contributed by atoms with van der Waals surface area (Å²) in [6.45, 7) is 0. The molecule has 1 aromatic heterocycles. The molecule has 3 nitrogen and oxygen atoms in total. The second kappa shape index (κ2) is 15.8. The van der Waals surface area contributed by atoms with Gasteiger partial charge in [0.05, 0.1) is 16.7 Å². The van der Waals surface area contributed by atoms with E-state index >= 15 is 0 Å². The van der Waals surface area contributed by atoms with Crippen molar-refractivity contribution >= 4 is 39.2 Å². The molecule has 0 fully saturated rings. The molecule has 0 amide bonds. The van der Waals surface area contributed by atoms with Crippen LogP contribution < -0.4 is 0 Å². The highest BCUT2D eigenvalue weighted by Gasteiger charge is 2.32. The Hall–Kier alpha value is -7.36. The summed E-state index contributed by atoms with van der Waals surface area (Å²) in [5, 5.41) is 2.45. The fourth-order valence-corrected chi connectivity index (χ4v) is 11.0. The van der Waals surface area contributed by atoms with Gasteiger partial charge in [0, 0.05) is 28.3 Å². The van der Waals surface area contributed by atoms with Crippen molar-refractivity contribution in [2.24, 2.45) is 9.98 Å². The minimum Gasteiger partial charge on any atom is -0.278 e. The normalized spacial score (nSPS) is 18.3. The number of nitrogens with zero attached hydrogens (tertiary/aromatic N) is 3. The van der Waals surface area contributed by atoms with Gasteiger partial charge >= 0.3 is 0 Å². The van der Waals surface area contributed by atoms with Crippen molar-refractivity contribution in [2.75, 3.05) is 0 Å². The smallest absolute Gasteiger partial charge is 0.235 e. The van der Waals surface area contributed by atoms with Crippen LogP contribution in [0.2, 0.25) is 0 Å². The van der Waals surface area contributed by atoms with E-state index < -0.39 is 0 Å². The van der Waals surface area contributed by atoms with Gasteiger partial charge in [-0.3, -0.25) is 4.57 Å². The van der Waals surface area contributed by atoms with Crippen LogP contribution in [0.3, 0.4) is 0 Å². The Morgan fingerprint density at radius 3 is 1.86 bits per heavy atom. The van der Waals surface area contributed by atoms with Crippen LogP contribution in [0, 0.1) is 0 Å². The third kappa shape index (κ3) is 6.50. The summed E-state index contributed by atoms with van der Waals surface area (Å²) in [6.07, 6.45) is 7.95. The number of hydrogen-bond acceptors (Lipinski definition) is 2. The monoisotopic (exact) mass is 809 g/mol. The third-order valence-corrected chi connectivity index (χ3v) is 13.9. The molecule has 1 unspecified atom stereocenters. The molecular formula is C60H47N3. The molecule has 1 atom stereocenters. The van der Waals surface area contributed by atoms with Crippen molar-refractivity contribution in [3.8, 4) is 33.4 Å². The van der Waals surface area contributed by atoms with E-state index in [1.54, 1.807) is 0 Å². The summed E-state index contributed by atoms with van der Waals surface area (Å²) in [7, 11) is 0. The number of aliphatic imine (C=N–C) groups is 2. The van der Waals surface area contributed by atoms with Gasteiger partial charge in [-0.05, 0) is 111 Å². The van der Waals surface area contributed by atoms with Gasteiger partial charge in [0.2, 0.25) is 5.96 Å². The standard InChI is InChI=1S/C60H47N3/c1-3-18-40(19-4-1)44-24-9-10-26-46(44)54-36-34-41-20-7-8-25-45(41)53-38-39-55-52-31-15-16-33-57(52)63(59(55)58(53)54)60-61-43(23-17-32-56(62-60)42-21-5-2-6-22-42)35-37-51-49-29-13-11-27-47(49)48-28-12-14-30-50(48)51/h1-16,18-22,24-33,38-39,51,54H,17,23,34-37H2/b56-32-,61-43+,62-60+. The van der Waals surface area contributed by atoms with Crippen LogP contribution in [-0.2, 0) is 6.42 Å². The van der Waals surface area contributed by atoms with Gasteiger partial charge in [-0.2, -0.15) is 0 Å². The maximum Gasteiger partial charge on any atom is 0.235 e. The molecule has 0 spiro atoms. The summed E-state index contributed by atoms with van der Waals surface area (Å²) in [6, 6.07) is 71.4. The molecule has 0 saturated carbocycles. The predicted molar refractivity (Wildman–Crippen MR) is 264 cm³/mol. The van der Waals surface area contributed by atoms with E-state index in [0.29, 0.717) is 5.92 Å². The predicted octanol–water partition coefficient (Wildman–Crippen LogP) is 15.3. The first-order valence-corrected chi connectivity index (χ1v) is 22.7. The summed E-state index contributed by atoms with van der Waals surface area (Å²) in [5.41, 5.74) is 20.4. The van der Waals surface area contributed by atoms with Crippen LogP contribution in [0.15, 0.2) is 210 Å². The van der Waals surface area contributed by atoms with Crippen molar-refractivity contribution in [1.29, 1.82) is 0 Å². The molecule has 3 heteroatoms. The van der Waals surface area contributed by atoms with Gasteiger partial charge in [0.1, 0.15) is 0 Å². The highest BCUT2D eigenvalue weighted by molar-refractivity contribution is 6.18. The number of aryl methyl sites for hydroxylation is 1. The molecule has 12 rings (SSSR count). The first kappa shape index (κ1) is 37.4. The van der Waals surface area contributed by atoms with Crippen LogP contribution in [0.25, 0.3) is 60.9 Å². The molecule has 0 N–H and O–H groups in total. The summed E-state index contributed by atoms with van der Waals surface area (Å²) in [4.78, 5) is 11.5. The SMILES string of the molecule is C1=C(c2ccccc2)/N=C(n2c3ccccc3c3ccc4c(c32)C(c2ccccc2-c2ccccc2)CCc2ccccc2-4)\N=C(\CCC2c3ccccc3-c3ccccc32)CC\1. The first-order chi connectivity index (χ1) is 31.3. The molecule has 2 heterocycles. The van der Waals surface area contributed by atoms with Crippen LogP contribution in [0.4, 0.5) is 0 Å². The molecule has 63 heavy (non-hydrogen) atoms. The molecule has 8 aromatic carbocycles. The molecule has 302 valence electrons. The summed E-state index contributed by atoms with van der Waals surface area (Å²) in [5.74, 6) is 1.18. The zero-order valence-corrected chi connectivity index (χ0v) is 35.3. The van der Waals surface area contributed by atoms with Crippen LogP contribution in [0.1, 0.15) is 77.3 Å². The molecule has 3 aliphatic rings. The lowest BCUT2D eigenvalue weighted by Crippen LogP contribution is -2.17.